The molecule has 1 amide bonds. The quantitative estimate of drug-likeness (QED) is 0.207. The molecule has 1 aromatic heterocycles. The van der Waals surface area contributed by atoms with Gasteiger partial charge in [0, 0.05) is 30.2 Å². The number of anilines is 1. The van der Waals surface area contributed by atoms with E-state index in [2.05, 4.69) is 16.8 Å². The Balaban J connectivity index is 1.57. The van der Waals surface area contributed by atoms with Gasteiger partial charge in [0.05, 0.1) is 38.0 Å². The SMILES string of the molecule is CCCCC1=NC2(CCCC2)C(=O)N1Cc1ccc(-c2cc(OC)c(OC)cc2S(=O)(=O)Nc2onc(C)c2C)c(COCC)c1. The number of aryl methyl sites for hydroxylation is 1. The molecule has 12 heteroatoms. The van der Waals surface area contributed by atoms with Crippen LogP contribution in [0.25, 0.3) is 11.1 Å². The standard InChI is InChI=1S/C34H44N4O7S/c1-7-9-12-31-35-34(15-10-11-16-34)33(39)38(31)20-24-13-14-26(25(17-24)21-44-8-2)27-18-28(42-5)29(43-6)19-30(27)46(40,41)37-32-22(3)23(4)36-45-32/h13-14,17-19,37H,7-12,15-16,20-21H2,1-6H3. The van der Waals surface area contributed by atoms with Gasteiger partial charge in [-0.05, 0) is 62.8 Å². The Bertz CT molecular complexity index is 1720. The first-order chi connectivity index (χ1) is 22.1. The fourth-order valence-corrected chi connectivity index (χ4v) is 7.47. The fourth-order valence-electron chi connectivity index (χ4n) is 6.20. The van der Waals surface area contributed by atoms with E-state index in [1.807, 2.05) is 30.0 Å². The molecule has 46 heavy (non-hydrogen) atoms. The molecule has 1 saturated carbocycles. The molecule has 2 aliphatic rings. The molecule has 248 valence electrons. The third kappa shape index (κ3) is 6.50. The van der Waals surface area contributed by atoms with Gasteiger partial charge in [0.25, 0.3) is 15.9 Å². The summed E-state index contributed by atoms with van der Waals surface area (Å²) in [5.41, 5.74) is 3.26. The topological polar surface area (TPSA) is 133 Å². The van der Waals surface area contributed by atoms with Gasteiger partial charge in [-0.3, -0.25) is 14.7 Å². The lowest BCUT2D eigenvalue weighted by molar-refractivity contribution is -0.131. The van der Waals surface area contributed by atoms with Gasteiger partial charge in [-0.25, -0.2) is 13.1 Å². The van der Waals surface area contributed by atoms with Crippen LogP contribution in [0, 0.1) is 13.8 Å². The van der Waals surface area contributed by atoms with E-state index in [1.54, 1.807) is 19.9 Å². The summed E-state index contributed by atoms with van der Waals surface area (Å²) in [6, 6.07) is 8.88. The summed E-state index contributed by atoms with van der Waals surface area (Å²) in [5.74, 6) is 1.62. The molecule has 1 fully saturated rings. The second-order valence-electron chi connectivity index (χ2n) is 11.9. The van der Waals surface area contributed by atoms with Crippen LogP contribution < -0.4 is 14.2 Å². The Morgan fingerprint density at radius 1 is 1.02 bits per heavy atom. The van der Waals surface area contributed by atoms with Crippen LogP contribution in [0.15, 0.2) is 44.7 Å². The number of ether oxygens (including phenoxy) is 3. The van der Waals surface area contributed by atoms with Gasteiger partial charge in [0.2, 0.25) is 5.88 Å². The number of amides is 1. The molecule has 1 N–H and O–H groups in total. The van der Waals surface area contributed by atoms with Crippen LogP contribution in [0.2, 0.25) is 0 Å². The van der Waals surface area contributed by atoms with Crippen molar-refractivity contribution in [3.63, 3.8) is 0 Å². The third-order valence-corrected chi connectivity index (χ3v) is 10.3. The summed E-state index contributed by atoms with van der Waals surface area (Å²) in [6.07, 6.45) is 6.36. The van der Waals surface area contributed by atoms with E-state index in [1.165, 1.54) is 20.3 Å². The fraction of sp³-hybridized carbons (Fsp3) is 0.500. The maximum Gasteiger partial charge on any atom is 0.265 e. The molecular formula is C34H44N4O7S. The number of methoxy groups -OCH3 is 2. The number of hydrogen-bond donors (Lipinski definition) is 1. The zero-order chi connectivity index (χ0) is 33.1. The second-order valence-corrected chi connectivity index (χ2v) is 13.6. The molecule has 3 aromatic rings. The number of carbonyl (C=O) groups excluding carboxylic acids is 1. The zero-order valence-electron chi connectivity index (χ0n) is 27.6. The third-order valence-electron chi connectivity index (χ3n) is 8.90. The molecule has 2 aromatic carbocycles. The second kappa shape index (κ2) is 13.8. The predicted molar refractivity (Wildman–Crippen MR) is 176 cm³/mol. The zero-order valence-corrected chi connectivity index (χ0v) is 28.4. The maximum atomic E-state index is 13.9. The Morgan fingerprint density at radius 3 is 2.37 bits per heavy atom. The highest BCUT2D eigenvalue weighted by molar-refractivity contribution is 7.92. The van der Waals surface area contributed by atoms with E-state index < -0.39 is 15.6 Å². The van der Waals surface area contributed by atoms with Crippen molar-refractivity contribution < 1.29 is 31.9 Å². The van der Waals surface area contributed by atoms with Crippen molar-refractivity contribution in [2.75, 3.05) is 25.5 Å². The van der Waals surface area contributed by atoms with E-state index >= 15 is 0 Å². The van der Waals surface area contributed by atoms with E-state index in [-0.39, 0.29) is 29.0 Å². The molecule has 1 aliphatic carbocycles. The van der Waals surface area contributed by atoms with Crippen LogP contribution in [-0.2, 0) is 32.7 Å². The Kier molecular flexibility index (Phi) is 10.1. The first-order valence-electron chi connectivity index (χ1n) is 15.9. The first kappa shape index (κ1) is 33.5. The number of nitrogens with zero attached hydrogens (tertiary/aromatic N) is 3. The van der Waals surface area contributed by atoms with Gasteiger partial charge in [-0.2, -0.15) is 0 Å². The lowest BCUT2D eigenvalue weighted by Crippen LogP contribution is -2.40. The van der Waals surface area contributed by atoms with Gasteiger partial charge < -0.3 is 18.7 Å². The summed E-state index contributed by atoms with van der Waals surface area (Å²) in [6.45, 7) is 8.59. The number of carbonyl (C=O) groups is 1. The lowest BCUT2D eigenvalue weighted by Gasteiger charge is -2.23. The summed E-state index contributed by atoms with van der Waals surface area (Å²) >= 11 is 0. The number of sulfonamides is 1. The monoisotopic (exact) mass is 652 g/mol. The first-order valence-corrected chi connectivity index (χ1v) is 17.4. The van der Waals surface area contributed by atoms with Crippen molar-refractivity contribution in [3.05, 3.63) is 52.7 Å². The number of aromatic nitrogens is 1. The van der Waals surface area contributed by atoms with E-state index in [0.29, 0.717) is 41.3 Å². The summed E-state index contributed by atoms with van der Waals surface area (Å²) in [7, 11) is -1.24. The molecule has 0 radical (unpaired) electrons. The molecule has 0 atom stereocenters. The molecule has 1 spiro atoms. The van der Waals surface area contributed by atoms with Gasteiger partial charge in [0.15, 0.2) is 11.5 Å². The normalized spacial score (nSPS) is 15.9. The van der Waals surface area contributed by atoms with E-state index in [9.17, 15) is 13.2 Å². The Labute approximate surface area is 271 Å². The lowest BCUT2D eigenvalue weighted by atomic mass is 9.96. The Morgan fingerprint density at radius 2 is 1.74 bits per heavy atom. The molecular weight excluding hydrogens is 608 g/mol. The van der Waals surface area contributed by atoms with Crippen LogP contribution in [0.4, 0.5) is 5.88 Å². The number of hydrogen-bond acceptors (Lipinski definition) is 9. The minimum Gasteiger partial charge on any atom is -0.493 e. The number of amidine groups is 1. The Hall–Kier alpha value is -3.90. The minimum absolute atomic E-state index is 0.0315. The van der Waals surface area contributed by atoms with Gasteiger partial charge in [0.1, 0.15) is 11.4 Å². The highest BCUT2D eigenvalue weighted by Gasteiger charge is 2.49. The molecule has 0 saturated heterocycles. The number of aliphatic imine (C=N–C) groups is 1. The van der Waals surface area contributed by atoms with Crippen LogP contribution >= 0.6 is 0 Å². The van der Waals surface area contributed by atoms with Crippen molar-refractivity contribution in [3.8, 4) is 22.6 Å². The van der Waals surface area contributed by atoms with Crippen molar-refractivity contribution in [2.45, 2.75) is 96.2 Å². The van der Waals surface area contributed by atoms with Crippen LogP contribution in [0.5, 0.6) is 11.5 Å². The summed E-state index contributed by atoms with van der Waals surface area (Å²) < 4.78 is 52.7. The summed E-state index contributed by atoms with van der Waals surface area (Å²) in [5, 5.41) is 3.89. The van der Waals surface area contributed by atoms with Crippen molar-refractivity contribution >= 4 is 27.7 Å². The number of rotatable bonds is 14. The largest absolute Gasteiger partial charge is 0.493 e. The van der Waals surface area contributed by atoms with Crippen molar-refractivity contribution in [1.29, 1.82) is 0 Å². The maximum absolute atomic E-state index is 13.9. The van der Waals surface area contributed by atoms with Crippen LogP contribution in [0.3, 0.4) is 0 Å². The average molecular weight is 653 g/mol. The minimum atomic E-state index is -4.19. The van der Waals surface area contributed by atoms with E-state index in [0.717, 1.165) is 61.9 Å². The van der Waals surface area contributed by atoms with Crippen LogP contribution in [-0.4, -0.2) is 56.6 Å². The number of unbranched alkanes of at least 4 members (excludes halogenated alkanes) is 1. The van der Waals surface area contributed by atoms with Crippen LogP contribution in [0.1, 0.15) is 81.2 Å². The van der Waals surface area contributed by atoms with E-state index in [4.69, 9.17) is 23.7 Å². The average Bonchev–Trinajstić information content (AvgIpc) is 3.73. The van der Waals surface area contributed by atoms with Crippen molar-refractivity contribution in [1.82, 2.24) is 10.1 Å². The highest BCUT2D eigenvalue weighted by atomic mass is 32.2. The summed E-state index contributed by atoms with van der Waals surface area (Å²) in [4.78, 5) is 20.6. The predicted octanol–water partition coefficient (Wildman–Crippen LogP) is 6.56. The van der Waals surface area contributed by atoms with Crippen molar-refractivity contribution in [2.24, 2.45) is 4.99 Å². The molecule has 0 bridgehead atoms. The molecule has 11 nitrogen and oxygen atoms in total. The number of nitrogens with one attached hydrogen (secondary N) is 1. The number of benzene rings is 2. The molecule has 1 aliphatic heterocycles. The highest BCUT2D eigenvalue weighted by Crippen LogP contribution is 2.42. The molecule has 0 unspecified atom stereocenters. The van der Waals surface area contributed by atoms with Gasteiger partial charge in [-0.15, -0.1) is 0 Å². The molecule has 2 heterocycles. The van der Waals surface area contributed by atoms with Gasteiger partial charge in [-0.1, -0.05) is 49.5 Å². The molecule has 5 rings (SSSR count). The van der Waals surface area contributed by atoms with Gasteiger partial charge >= 0.3 is 0 Å². The smallest absolute Gasteiger partial charge is 0.265 e.